The predicted molar refractivity (Wildman–Crippen MR) is 62.5 cm³/mol. The molecular weight excluding hydrogens is 190 g/mol. The molecule has 0 spiro atoms. The molecule has 0 aliphatic carbocycles. The van der Waals surface area contributed by atoms with Crippen molar-refractivity contribution in [3.05, 3.63) is 0 Å². The number of hydrogen-bond acceptors (Lipinski definition) is 3. The van der Waals surface area contributed by atoms with Gasteiger partial charge in [0.2, 0.25) is 0 Å². The lowest BCUT2D eigenvalue weighted by molar-refractivity contribution is -0.149. The molecule has 0 aromatic heterocycles. The van der Waals surface area contributed by atoms with Crippen molar-refractivity contribution in [2.24, 2.45) is 17.6 Å². The van der Waals surface area contributed by atoms with Crippen LogP contribution in [-0.4, -0.2) is 19.1 Å². The molecule has 3 heteroatoms. The van der Waals surface area contributed by atoms with Crippen molar-refractivity contribution < 1.29 is 9.53 Å². The Morgan fingerprint density at radius 1 is 1.27 bits per heavy atom. The molecule has 0 aliphatic rings. The first-order chi connectivity index (χ1) is 7.15. The van der Waals surface area contributed by atoms with Gasteiger partial charge in [-0.2, -0.15) is 0 Å². The molecule has 0 rings (SSSR count). The Morgan fingerprint density at radius 2 is 1.87 bits per heavy atom. The fourth-order valence-electron chi connectivity index (χ4n) is 1.60. The highest BCUT2D eigenvalue weighted by atomic mass is 16.5. The minimum absolute atomic E-state index is 0.108. The largest absolute Gasteiger partial charge is 0.465 e. The Bertz CT molecular complexity index is 171. The van der Waals surface area contributed by atoms with Gasteiger partial charge in [-0.1, -0.05) is 33.6 Å². The number of carbonyl (C=O) groups excluding carboxylic acids is 1. The molecule has 15 heavy (non-hydrogen) atoms. The van der Waals surface area contributed by atoms with Crippen LogP contribution in [0.3, 0.4) is 0 Å². The first kappa shape index (κ1) is 14.4. The monoisotopic (exact) mass is 215 g/mol. The van der Waals surface area contributed by atoms with E-state index in [1.807, 2.05) is 0 Å². The van der Waals surface area contributed by atoms with E-state index < -0.39 is 0 Å². The number of nitrogens with two attached hydrogens (primary N) is 1. The molecule has 3 nitrogen and oxygen atoms in total. The van der Waals surface area contributed by atoms with Crippen molar-refractivity contribution in [2.75, 3.05) is 13.2 Å². The lowest BCUT2D eigenvalue weighted by Crippen LogP contribution is -2.26. The zero-order valence-corrected chi connectivity index (χ0v) is 10.3. The summed E-state index contributed by atoms with van der Waals surface area (Å²) in [5.74, 6) is 0.227. The highest BCUT2D eigenvalue weighted by Gasteiger charge is 2.17. The van der Waals surface area contributed by atoms with Crippen LogP contribution in [0.15, 0.2) is 0 Å². The summed E-state index contributed by atoms with van der Waals surface area (Å²) in [4.78, 5) is 11.6. The van der Waals surface area contributed by atoms with E-state index in [0.717, 1.165) is 25.7 Å². The maximum Gasteiger partial charge on any atom is 0.310 e. The minimum atomic E-state index is -0.123. The quantitative estimate of drug-likeness (QED) is 0.632. The molecule has 90 valence electrons. The van der Waals surface area contributed by atoms with Crippen molar-refractivity contribution in [3.63, 3.8) is 0 Å². The molecule has 0 aromatic rings. The van der Waals surface area contributed by atoms with Gasteiger partial charge < -0.3 is 10.5 Å². The van der Waals surface area contributed by atoms with Gasteiger partial charge in [0, 0.05) is 6.54 Å². The van der Waals surface area contributed by atoms with E-state index in [0.29, 0.717) is 19.1 Å². The van der Waals surface area contributed by atoms with Crippen LogP contribution >= 0.6 is 0 Å². The van der Waals surface area contributed by atoms with Crippen molar-refractivity contribution >= 4 is 5.97 Å². The Kier molecular flexibility index (Phi) is 8.38. The van der Waals surface area contributed by atoms with Crippen molar-refractivity contribution in [2.45, 2.75) is 46.5 Å². The molecule has 0 fully saturated rings. The van der Waals surface area contributed by atoms with Gasteiger partial charge in [-0.3, -0.25) is 4.79 Å². The third kappa shape index (κ3) is 6.50. The van der Waals surface area contributed by atoms with E-state index in [-0.39, 0.29) is 11.9 Å². The summed E-state index contributed by atoms with van der Waals surface area (Å²) in [6, 6.07) is 0. The van der Waals surface area contributed by atoms with Crippen LogP contribution in [0.1, 0.15) is 46.5 Å². The Morgan fingerprint density at radius 3 is 2.33 bits per heavy atom. The van der Waals surface area contributed by atoms with Gasteiger partial charge in [0.15, 0.2) is 0 Å². The molecule has 0 heterocycles. The molecule has 0 aliphatic heterocycles. The second-order valence-corrected chi connectivity index (χ2v) is 4.25. The van der Waals surface area contributed by atoms with E-state index in [2.05, 4.69) is 20.8 Å². The van der Waals surface area contributed by atoms with Crippen LogP contribution < -0.4 is 5.73 Å². The highest BCUT2D eigenvalue weighted by Crippen LogP contribution is 2.10. The molecule has 0 saturated carbocycles. The Hall–Kier alpha value is -0.570. The van der Waals surface area contributed by atoms with Gasteiger partial charge in [0.25, 0.3) is 0 Å². The maximum atomic E-state index is 11.6. The first-order valence-corrected chi connectivity index (χ1v) is 6.02. The molecule has 0 bridgehead atoms. The van der Waals surface area contributed by atoms with Gasteiger partial charge in [0.05, 0.1) is 12.5 Å². The summed E-state index contributed by atoms with van der Waals surface area (Å²) in [5, 5.41) is 0. The Labute approximate surface area is 93.4 Å². The molecule has 0 radical (unpaired) electrons. The molecule has 2 atom stereocenters. The maximum absolute atomic E-state index is 11.6. The van der Waals surface area contributed by atoms with Crippen molar-refractivity contribution in [1.82, 2.24) is 0 Å². The average Bonchev–Trinajstić information content (AvgIpc) is 2.23. The van der Waals surface area contributed by atoms with Crippen molar-refractivity contribution in [3.8, 4) is 0 Å². The summed E-state index contributed by atoms with van der Waals surface area (Å²) in [7, 11) is 0. The van der Waals surface area contributed by atoms with E-state index in [1.165, 1.54) is 0 Å². The SMILES string of the molecule is CCCC(C)COC(=O)C(CN)CCC. The smallest absolute Gasteiger partial charge is 0.310 e. The molecule has 0 aromatic carbocycles. The van der Waals surface area contributed by atoms with E-state index in [4.69, 9.17) is 10.5 Å². The lowest BCUT2D eigenvalue weighted by Gasteiger charge is -2.15. The summed E-state index contributed by atoms with van der Waals surface area (Å²) in [6.45, 7) is 7.23. The van der Waals surface area contributed by atoms with E-state index in [1.54, 1.807) is 0 Å². The van der Waals surface area contributed by atoms with Gasteiger partial charge in [-0.25, -0.2) is 0 Å². The van der Waals surface area contributed by atoms with Gasteiger partial charge in [-0.15, -0.1) is 0 Å². The predicted octanol–water partition coefficient (Wildman–Crippen LogP) is 2.34. The van der Waals surface area contributed by atoms with Crippen LogP contribution in [0.4, 0.5) is 0 Å². The molecule has 0 saturated heterocycles. The number of rotatable bonds is 8. The molecular formula is C12H25NO2. The average molecular weight is 215 g/mol. The van der Waals surface area contributed by atoms with E-state index >= 15 is 0 Å². The first-order valence-electron chi connectivity index (χ1n) is 6.02. The van der Waals surface area contributed by atoms with Gasteiger partial charge in [-0.05, 0) is 18.8 Å². The van der Waals surface area contributed by atoms with Gasteiger partial charge in [0.1, 0.15) is 0 Å². The summed E-state index contributed by atoms with van der Waals surface area (Å²) in [6.07, 6.45) is 4.04. The number of esters is 1. The second-order valence-electron chi connectivity index (χ2n) is 4.25. The topological polar surface area (TPSA) is 52.3 Å². The number of hydrogen-bond donors (Lipinski definition) is 1. The van der Waals surface area contributed by atoms with Crippen LogP contribution in [0, 0.1) is 11.8 Å². The summed E-state index contributed by atoms with van der Waals surface area (Å²) in [5.41, 5.74) is 5.52. The third-order valence-corrected chi connectivity index (χ3v) is 2.55. The van der Waals surface area contributed by atoms with Crippen LogP contribution in [-0.2, 0) is 9.53 Å². The number of ether oxygens (including phenoxy) is 1. The minimum Gasteiger partial charge on any atom is -0.465 e. The summed E-state index contributed by atoms with van der Waals surface area (Å²) >= 11 is 0. The third-order valence-electron chi connectivity index (χ3n) is 2.55. The number of carbonyl (C=O) groups is 1. The Balaban J connectivity index is 3.79. The van der Waals surface area contributed by atoms with Gasteiger partial charge >= 0.3 is 5.97 Å². The molecule has 0 amide bonds. The normalized spacial score (nSPS) is 14.7. The zero-order valence-electron chi connectivity index (χ0n) is 10.3. The van der Waals surface area contributed by atoms with Crippen molar-refractivity contribution in [1.29, 1.82) is 0 Å². The lowest BCUT2D eigenvalue weighted by atomic mass is 10.0. The molecule has 2 unspecified atom stereocenters. The highest BCUT2D eigenvalue weighted by molar-refractivity contribution is 5.72. The van der Waals surface area contributed by atoms with E-state index in [9.17, 15) is 4.79 Å². The second kappa shape index (κ2) is 8.72. The summed E-state index contributed by atoms with van der Waals surface area (Å²) < 4.78 is 5.24. The molecule has 2 N–H and O–H groups in total. The fourth-order valence-corrected chi connectivity index (χ4v) is 1.60. The zero-order chi connectivity index (χ0) is 11.7. The van der Waals surface area contributed by atoms with Crippen LogP contribution in [0.5, 0.6) is 0 Å². The van der Waals surface area contributed by atoms with Crippen LogP contribution in [0.25, 0.3) is 0 Å². The van der Waals surface area contributed by atoms with Crippen LogP contribution in [0.2, 0.25) is 0 Å². The fraction of sp³-hybridized carbons (Fsp3) is 0.917. The standard InChI is InChI=1S/C12H25NO2/c1-4-6-10(3)9-15-12(14)11(8-13)7-5-2/h10-11H,4-9,13H2,1-3H3.